The second kappa shape index (κ2) is 5.52. The molecule has 1 aromatic rings. The van der Waals surface area contributed by atoms with E-state index in [0.29, 0.717) is 25.1 Å². The lowest BCUT2D eigenvalue weighted by atomic mass is 10.2. The molecule has 7 heteroatoms. The Bertz CT molecular complexity index is 536. The van der Waals surface area contributed by atoms with Crippen LogP contribution < -0.4 is 5.73 Å². The lowest BCUT2D eigenvalue weighted by Gasteiger charge is -2.17. The van der Waals surface area contributed by atoms with Gasteiger partial charge in [0.2, 0.25) is 10.0 Å². The van der Waals surface area contributed by atoms with Gasteiger partial charge in [-0.05, 0) is 31.0 Å². The Labute approximate surface area is 112 Å². The number of nitrogens with zero attached hydrogens (tertiary/aromatic N) is 1. The van der Waals surface area contributed by atoms with Crippen LogP contribution in [-0.4, -0.2) is 31.9 Å². The van der Waals surface area contributed by atoms with Crippen LogP contribution in [0.2, 0.25) is 0 Å². The number of benzene rings is 1. The molecule has 0 unspecified atom stereocenters. The zero-order valence-corrected chi connectivity index (χ0v) is 11.6. The molecule has 0 bridgehead atoms. The molecule has 1 saturated heterocycles. The molecule has 2 N–H and O–H groups in total. The molecule has 18 heavy (non-hydrogen) atoms. The minimum Gasteiger partial charge on any atom is -0.326 e. The van der Waals surface area contributed by atoms with Crippen LogP contribution in [0.15, 0.2) is 23.1 Å². The van der Waals surface area contributed by atoms with E-state index in [2.05, 4.69) is 0 Å². The third-order valence-corrected chi connectivity index (χ3v) is 4.96. The first-order chi connectivity index (χ1) is 7.91. The quantitative estimate of drug-likeness (QED) is 0.894. The number of hydrogen-bond donors (Lipinski definition) is 1. The third-order valence-electron chi connectivity index (χ3n) is 2.96. The zero-order chi connectivity index (χ0) is 12.6. The van der Waals surface area contributed by atoms with E-state index in [1.165, 1.54) is 16.4 Å². The Balaban J connectivity index is 0.00000162. The van der Waals surface area contributed by atoms with Gasteiger partial charge in [0.05, 0.1) is 4.90 Å². The zero-order valence-electron chi connectivity index (χ0n) is 9.97. The van der Waals surface area contributed by atoms with Crippen LogP contribution in [0, 0.1) is 12.7 Å². The summed E-state index contributed by atoms with van der Waals surface area (Å²) < 4.78 is 39.0. The van der Waals surface area contributed by atoms with E-state index >= 15 is 0 Å². The Morgan fingerprint density at radius 1 is 1.44 bits per heavy atom. The molecular formula is C11H16ClFN2O2S. The van der Waals surface area contributed by atoms with Crippen molar-refractivity contribution in [2.75, 3.05) is 13.1 Å². The van der Waals surface area contributed by atoms with Crippen LogP contribution in [0.5, 0.6) is 0 Å². The Hall–Kier alpha value is -0.690. The first kappa shape index (κ1) is 15.4. The average Bonchev–Trinajstić information content (AvgIpc) is 2.69. The fourth-order valence-electron chi connectivity index (χ4n) is 1.96. The van der Waals surface area contributed by atoms with E-state index in [1.807, 2.05) is 0 Å². The molecule has 1 heterocycles. The molecule has 1 fully saturated rings. The molecule has 2 rings (SSSR count). The summed E-state index contributed by atoms with van der Waals surface area (Å²) in [5.41, 5.74) is 6.24. The summed E-state index contributed by atoms with van der Waals surface area (Å²) in [6.45, 7) is 2.36. The summed E-state index contributed by atoms with van der Waals surface area (Å²) in [5, 5.41) is 0. The highest BCUT2D eigenvalue weighted by Gasteiger charge is 2.31. The number of nitrogens with two attached hydrogens (primary N) is 1. The molecule has 0 amide bonds. The number of halogens is 2. The average molecular weight is 295 g/mol. The number of rotatable bonds is 2. The fourth-order valence-corrected chi connectivity index (χ4v) is 3.71. The highest BCUT2D eigenvalue weighted by atomic mass is 35.5. The van der Waals surface area contributed by atoms with Crippen molar-refractivity contribution in [3.05, 3.63) is 29.6 Å². The van der Waals surface area contributed by atoms with Crippen LogP contribution in [0.25, 0.3) is 0 Å². The Morgan fingerprint density at radius 3 is 2.67 bits per heavy atom. The smallest absolute Gasteiger partial charge is 0.243 e. The minimum absolute atomic E-state index is 0. The monoisotopic (exact) mass is 294 g/mol. The fraction of sp³-hybridized carbons (Fsp3) is 0.455. The molecular weight excluding hydrogens is 279 g/mol. The number of aryl methyl sites for hydroxylation is 1. The van der Waals surface area contributed by atoms with Crippen LogP contribution in [0.4, 0.5) is 4.39 Å². The van der Waals surface area contributed by atoms with Crippen molar-refractivity contribution in [1.82, 2.24) is 4.31 Å². The van der Waals surface area contributed by atoms with Gasteiger partial charge in [-0.1, -0.05) is 6.07 Å². The van der Waals surface area contributed by atoms with Gasteiger partial charge < -0.3 is 5.73 Å². The van der Waals surface area contributed by atoms with Gasteiger partial charge in [-0.2, -0.15) is 4.31 Å². The summed E-state index contributed by atoms with van der Waals surface area (Å²) in [7, 11) is -3.61. The summed E-state index contributed by atoms with van der Waals surface area (Å²) in [6.07, 6.45) is 0.646. The second-order valence-electron chi connectivity index (χ2n) is 4.32. The Kier molecular flexibility index (Phi) is 4.72. The van der Waals surface area contributed by atoms with Crippen molar-refractivity contribution < 1.29 is 12.8 Å². The molecule has 1 aliphatic heterocycles. The van der Waals surface area contributed by atoms with E-state index in [4.69, 9.17) is 5.73 Å². The van der Waals surface area contributed by atoms with Crippen LogP contribution >= 0.6 is 12.4 Å². The highest BCUT2D eigenvalue weighted by Crippen LogP contribution is 2.23. The predicted molar refractivity (Wildman–Crippen MR) is 69.7 cm³/mol. The molecule has 0 aromatic heterocycles. The van der Waals surface area contributed by atoms with Gasteiger partial charge in [0, 0.05) is 19.1 Å². The minimum atomic E-state index is -3.61. The maximum Gasteiger partial charge on any atom is 0.243 e. The molecule has 1 aromatic carbocycles. The van der Waals surface area contributed by atoms with Crippen molar-refractivity contribution in [3.63, 3.8) is 0 Å². The lowest BCUT2D eigenvalue weighted by molar-refractivity contribution is 0.471. The number of sulfonamides is 1. The highest BCUT2D eigenvalue weighted by molar-refractivity contribution is 7.89. The molecule has 0 saturated carbocycles. The molecule has 4 nitrogen and oxygen atoms in total. The van der Waals surface area contributed by atoms with E-state index in [9.17, 15) is 12.8 Å². The van der Waals surface area contributed by atoms with Crippen molar-refractivity contribution in [2.24, 2.45) is 5.73 Å². The van der Waals surface area contributed by atoms with Crippen molar-refractivity contribution in [2.45, 2.75) is 24.3 Å². The number of hydrogen-bond acceptors (Lipinski definition) is 3. The summed E-state index contributed by atoms with van der Waals surface area (Å²) >= 11 is 0. The molecule has 0 aliphatic carbocycles. The topological polar surface area (TPSA) is 63.4 Å². The largest absolute Gasteiger partial charge is 0.326 e. The standard InChI is InChI=1S/C11H15FN2O2S.ClH/c1-8-2-3-9(12)6-11(8)17(15,16)14-5-4-10(13)7-14;/h2-3,6,10H,4-5,7,13H2,1H3;1H/t10-;/m1./s1. The second-order valence-corrected chi connectivity index (χ2v) is 6.23. The van der Waals surface area contributed by atoms with Gasteiger partial charge in [-0.25, -0.2) is 12.8 Å². The van der Waals surface area contributed by atoms with E-state index in [1.54, 1.807) is 6.92 Å². The van der Waals surface area contributed by atoms with Gasteiger partial charge in [0.25, 0.3) is 0 Å². The predicted octanol–water partition coefficient (Wildman–Crippen LogP) is 1.28. The van der Waals surface area contributed by atoms with E-state index < -0.39 is 15.8 Å². The maximum absolute atomic E-state index is 13.1. The van der Waals surface area contributed by atoms with Gasteiger partial charge in [0.1, 0.15) is 5.82 Å². The van der Waals surface area contributed by atoms with Crippen molar-refractivity contribution >= 4 is 22.4 Å². The Morgan fingerprint density at radius 2 is 2.11 bits per heavy atom. The first-order valence-electron chi connectivity index (χ1n) is 5.43. The molecule has 0 spiro atoms. The molecule has 0 radical (unpaired) electrons. The third kappa shape index (κ3) is 2.83. The van der Waals surface area contributed by atoms with E-state index in [-0.39, 0.29) is 23.3 Å². The van der Waals surface area contributed by atoms with Crippen LogP contribution in [-0.2, 0) is 10.0 Å². The van der Waals surface area contributed by atoms with E-state index in [0.717, 1.165) is 6.07 Å². The first-order valence-corrected chi connectivity index (χ1v) is 6.87. The van der Waals surface area contributed by atoms with Crippen molar-refractivity contribution in [3.8, 4) is 0 Å². The molecule has 1 atom stereocenters. The molecule has 102 valence electrons. The van der Waals surface area contributed by atoms with Crippen LogP contribution in [0.1, 0.15) is 12.0 Å². The van der Waals surface area contributed by atoms with Crippen LogP contribution in [0.3, 0.4) is 0 Å². The van der Waals surface area contributed by atoms with Gasteiger partial charge in [0.15, 0.2) is 0 Å². The SMILES string of the molecule is Cc1ccc(F)cc1S(=O)(=O)N1CC[C@@H](N)C1.Cl. The van der Waals surface area contributed by atoms with Gasteiger partial charge in [-0.3, -0.25) is 0 Å². The van der Waals surface area contributed by atoms with Gasteiger partial charge >= 0.3 is 0 Å². The normalized spacial score (nSPS) is 20.7. The van der Waals surface area contributed by atoms with Crippen molar-refractivity contribution in [1.29, 1.82) is 0 Å². The molecule has 1 aliphatic rings. The lowest BCUT2D eigenvalue weighted by Crippen LogP contribution is -2.32. The summed E-state index contributed by atoms with van der Waals surface area (Å²) in [6, 6.07) is 3.66. The van der Waals surface area contributed by atoms with Gasteiger partial charge in [-0.15, -0.1) is 12.4 Å². The summed E-state index contributed by atoms with van der Waals surface area (Å²) in [5.74, 6) is -0.544. The maximum atomic E-state index is 13.1. The summed E-state index contributed by atoms with van der Waals surface area (Å²) in [4.78, 5) is 0.0339.